The molecule has 1 aliphatic rings. The Labute approximate surface area is 172 Å². The van der Waals surface area contributed by atoms with Crippen molar-refractivity contribution in [2.45, 2.75) is 77.4 Å². The first-order valence-electron chi connectivity index (χ1n) is 9.79. The van der Waals surface area contributed by atoms with Gasteiger partial charge in [-0.25, -0.2) is 9.59 Å². The van der Waals surface area contributed by atoms with Crippen LogP contribution >= 0.6 is 0 Å². The van der Waals surface area contributed by atoms with E-state index in [-0.39, 0.29) is 25.0 Å². The smallest absolute Gasteiger partial charge is 0.408 e. The number of hydrogen-bond donors (Lipinski definition) is 3. The molecule has 0 saturated carbocycles. The molecule has 0 bridgehead atoms. The third kappa shape index (κ3) is 8.02. The number of hydrogen-bond acceptors (Lipinski definition) is 6. The number of aliphatic hydroxyl groups excluding tert-OH is 1. The van der Waals surface area contributed by atoms with Crippen molar-refractivity contribution in [3.05, 3.63) is 12.7 Å². The van der Waals surface area contributed by atoms with Gasteiger partial charge in [0.05, 0.1) is 18.8 Å². The molecule has 1 saturated heterocycles. The molecule has 1 unspecified atom stereocenters. The quantitative estimate of drug-likeness (QED) is 0.489. The summed E-state index contributed by atoms with van der Waals surface area (Å²) in [6.07, 6.45) is 0.104. The first kappa shape index (κ1) is 24.9. The van der Waals surface area contributed by atoms with Gasteiger partial charge in [0.15, 0.2) is 0 Å². The number of ether oxygens (including phenoxy) is 2. The third-order valence-electron chi connectivity index (χ3n) is 4.56. The zero-order chi connectivity index (χ0) is 22.4. The Morgan fingerprint density at radius 2 is 1.93 bits per heavy atom. The fraction of sp³-hybridized carbons (Fsp3) is 0.750. The molecule has 0 aliphatic carbocycles. The number of carboxylic acid groups (broad SMARTS) is 1. The largest absolute Gasteiger partial charge is 0.480 e. The zero-order valence-electron chi connectivity index (χ0n) is 17.9. The molecule has 2 amide bonds. The summed E-state index contributed by atoms with van der Waals surface area (Å²) in [5.74, 6) is -2.13. The van der Waals surface area contributed by atoms with Gasteiger partial charge in [-0.2, -0.15) is 0 Å². The Morgan fingerprint density at radius 1 is 1.31 bits per heavy atom. The van der Waals surface area contributed by atoms with Crippen LogP contribution in [0.4, 0.5) is 4.79 Å². The van der Waals surface area contributed by atoms with E-state index in [9.17, 15) is 24.6 Å². The highest BCUT2D eigenvalue weighted by molar-refractivity contribution is 5.90. The van der Waals surface area contributed by atoms with Gasteiger partial charge in [-0.1, -0.05) is 13.0 Å². The summed E-state index contributed by atoms with van der Waals surface area (Å²) in [7, 11) is 0. The van der Waals surface area contributed by atoms with Gasteiger partial charge < -0.3 is 29.9 Å². The Kier molecular flexibility index (Phi) is 9.10. The molecule has 9 nitrogen and oxygen atoms in total. The van der Waals surface area contributed by atoms with Crippen LogP contribution in [-0.2, 0) is 19.1 Å². The average Bonchev–Trinajstić information content (AvgIpc) is 2.97. The molecule has 0 aromatic heterocycles. The van der Waals surface area contributed by atoms with Crippen molar-refractivity contribution in [2.75, 3.05) is 13.2 Å². The molecule has 0 aromatic rings. The van der Waals surface area contributed by atoms with Gasteiger partial charge in [-0.15, -0.1) is 6.58 Å². The van der Waals surface area contributed by atoms with Crippen LogP contribution in [0.3, 0.4) is 0 Å². The summed E-state index contributed by atoms with van der Waals surface area (Å²) in [4.78, 5) is 38.1. The second-order valence-corrected chi connectivity index (χ2v) is 8.50. The van der Waals surface area contributed by atoms with Gasteiger partial charge >= 0.3 is 12.1 Å². The number of carbonyl (C=O) groups excluding carboxylic acids is 2. The van der Waals surface area contributed by atoms with Crippen molar-refractivity contribution in [1.29, 1.82) is 0 Å². The minimum atomic E-state index is -1.19. The number of carbonyl (C=O) groups is 3. The second-order valence-electron chi connectivity index (χ2n) is 8.50. The Morgan fingerprint density at radius 3 is 2.45 bits per heavy atom. The molecule has 9 heteroatoms. The molecular formula is C20H34N2O7. The summed E-state index contributed by atoms with van der Waals surface area (Å²) in [5, 5.41) is 21.9. The first-order chi connectivity index (χ1) is 13.4. The second kappa shape index (κ2) is 10.6. The lowest BCUT2D eigenvalue weighted by Gasteiger charge is -2.32. The van der Waals surface area contributed by atoms with E-state index in [4.69, 9.17) is 9.47 Å². The van der Waals surface area contributed by atoms with Gasteiger partial charge in [0.25, 0.3) is 0 Å². The summed E-state index contributed by atoms with van der Waals surface area (Å²) in [5.41, 5.74) is -0.755. The van der Waals surface area contributed by atoms with Crippen molar-refractivity contribution < 1.29 is 34.1 Å². The number of β-amino-alcohol motifs (C(OH)–C–C–N with tert-alkyl or cyclic N) is 1. The normalized spacial score (nSPS) is 22.5. The minimum absolute atomic E-state index is 0.0482. The predicted octanol–water partition coefficient (Wildman–Crippen LogP) is 1.54. The van der Waals surface area contributed by atoms with Crippen LogP contribution in [0.25, 0.3) is 0 Å². The van der Waals surface area contributed by atoms with E-state index >= 15 is 0 Å². The van der Waals surface area contributed by atoms with E-state index in [0.29, 0.717) is 13.0 Å². The standard InChI is InChI=1S/C20H34N2O7/c1-7-8-28-13(3)9-12(2)16(21-19(27)29-20(4,5)6)17(24)22-11-14(23)10-15(22)18(25)26/h7,12-16,23H,1,8-11H2,2-6H3,(H,21,27)(H,25,26)/t12-,13+,14-,15+,16?/m1/s1. The van der Waals surface area contributed by atoms with Crippen molar-refractivity contribution >= 4 is 18.0 Å². The zero-order valence-corrected chi connectivity index (χ0v) is 17.9. The molecule has 1 heterocycles. The molecular weight excluding hydrogens is 380 g/mol. The number of aliphatic carboxylic acids is 1. The minimum Gasteiger partial charge on any atom is -0.480 e. The maximum absolute atomic E-state index is 13.2. The van der Waals surface area contributed by atoms with Gasteiger partial charge in [0.2, 0.25) is 5.91 Å². The molecule has 1 rings (SSSR count). The van der Waals surface area contributed by atoms with E-state index in [2.05, 4.69) is 11.9 Å². The Balaban J connectivity index is 3.01. The van der Waals surface area contributed by atoms with Crippen LogP contribution in [0.1, 0.15) is 47.5 Å². The average molecular weight is 414 g/mol. The fourth-order valence-corrected chi connectivity index (χ4v) is 3.31. The number of likely N-dealkylation sites (tertiary alicyclic amines) is 1. The van der Waals surface area contributed by atoms with Gasteiger partial charge in [0, 0.05) is 13.0 Å². The van der Waals surface area contributed by atoms with Gasteiger partial charge in [0.1, 0.15) is 17.7 Å². The van der Waals surface area contributed by atoms with Crippen LogP contribution in [0.15, 0.2) is 12.7 Å². The Bertz CT molecular complexity index is 602. The molecule has 1 aliphatic heterocycles. The van der Waals surface area contributed by atoms with E-state index in [1.807, 2.05) is 6.92 Å². The van der Waals surface area contributed by atoms with Crippen molar-refractivity contribution in [1.82, 2.24) is 10.2 Å². The number of amides is 2. The van der Waals surface area contributed by atoms with Crippen LogP contribution in [0.2, 0.25) is 0 Å². The summed E-state index contributed by atoms with van der Waals surface area (Å²) in [6, 6.07) is -2.16. The SMILES string of the molecule is C=CCO[C@@H](C)C[C@@H](C)C(NC(=O)OC(C)(C)C)C(=O)N1C[C@H](O)C[C@H]1C(=O)O. The lowest BCUT2D eigenvalue weighted by molar-refractivity contribution is -0.149. The van der Waals surface area contributed by atoms with Crippen molar-refractivity contribution in [3.8, 4) is 0 Å². The van der Waals surface area contributed by atoms with E-state index in [1.54, 1.807) is 33.8 Å². The number of alkyl carbamates (subject to hydrolysis) is 1. The van der Waals surface area contributed by atoms with Crippen LogP contribution in [0.5, 0.6) is 0 Å². The summed E-state index contributed by atoms with van der Waals surface area (Å²) < 4.78 is 10.8. The molecule has 29 heavy (non-hydrogen) atoms. The lowest BCUT2D eigenvalue weighted by Crippen LogP contribution is -2.55. The summed E-state index contributed by atoms with van der Waals surface area (Å²) >= 11 is 0. The Hall–Kier alpha value is -2.13. The monoisotopic (exact) mass is 414 g/mol. The molecule has 5 atom stereocenters. The number of nitrogens with zero attached hydrogens (tertiary/aromatic N) is 1. The molecule has 0 spiro atoms. The summed E-state index contributed by atoms with van der Waals surface area (Å²) in [6.45, 7) is 12.6. The van der Waals surface area contributed by atoms with Crippen LogP contribution in [0, 0.1) is 5.92 Å². The lowest BCUT2D eigenvalue weighted by atomic mass is 9.94. The number of rotatable bonds is 9. The maximum Gasteiger partial charge on any atom is 0.408 e. The molecule has 166 valence electrons. The van der Waals surface area contributed by atoms with E-state index in [1.165, 1.54) is 0 Å². The molecule has 0 aromatic carbocycles. The molecule has 0 radical (unpaired) electrons. The number of carboxylic acids is 1. The van der Waals surface area contributed by atoms with Gasteiger partial charge in [-0.3, -0.25) is 4.79 Å². The highest BCUT2D eigenvalue weighted by Crippen LogP contribution is 2.23. The molecule has 3 N–H and O–H groups in total. The number of nitrogens with one attached hydrogen (secondary N) is 1. The van der Waals surface area contributed by atoms with E-state index < -0.39 is 41.8 Å². The number of aliphatic hydroxyl groups is 1. The van der Waals surface area contributed by atoms with Gasteiger partial charge in [-0.05, 0) is 40.0 Å². The molecule has 1 fully saturated rings. The first-order valence-corrected chi connectivity index (χ1v) is 9.79. The van der Waals surface area contributed by atoms with Crippen molar-refractivity contribution in [3.63, 3.8) is 0 Å². The third-order valence-corrected chi connectivity index (χ3v) is 4.56. The highest BCUT2D eigenvalue weighted by Gasteiger charge is 2.43. The highest BCUT2D eigenvalue weighted by atomic mass is 16.6. The van der Waals surface area contributed by atoms with Crippen LogP contribution < -0.4 is 5.32 Å². The van der Waals surface area contributed by atoms with E-state index in [0.717, 1.165) is 4.90 Å². The predicted molar refractivity (Wildman–Crippen MR) is 106 cm³/mol. The van der Waals surface area contributed by atoms with Crippen LogP contribution in [-0.4, -0.2) is 76.1 Å². The fourth-order valence-electron chi connectivity index (χ4n) is 3.31. The van der Waals surface area contributed by atoms with Crippen molar-refractivity contribution in [2.24, 2.45) is 5.92 Å². The maximum atomic E-state index is 13.2. The topological polar surface area (TPSA) is 125 Å².